The summed E-state index contributed by atoms with van der Waals surface area (Å²) in [5, 5.41) is 31.1. The van der Waals surface area contributed by atoms with Crippen LogP contribution in [0.1, 0.15) is 88.4 Å². The lowest BCUT2D eigenvalue weighted by Gasteiger charge is -2.35. The molecule has 2 saturated carbocycles. The van der Waals surface area contributed by atoms with Crippen molar-refractivity contribution < 1.29 is 39.1 Å². The van der Waals surface area contributed by atoms with E-state index in [4.69, 9.17) is 18.9 Å². The third kappa shape index (κ3) is 6.38. The number of esters is 1. The van der Waals surface area contributed by atoms with E-state index < -0.39 is 6.10 Å². The van der Waals surface area contributed by atoms with Crippen molar-refractivity contribution in [2.45, 2.75) is 102 Å². The van der Waals surface area contributed by atoms with Crippen molar-refractivity contribution in [3.63, 3.8) is 0 Å². The summed E-state index contributed by atoms with van der Waals surface area (Å²) < 4.78 is 23.6. The van der Waals surface area contributed by atoms with E-state index >= 15 is 0 Å². The Hall–Kier alpha value is -3.13. The van der Waals surface area contributed by atoms with Gasteiger partial charge in [0.2, 0.25) is 5.75 Å². The molecule has 2 aromatic carbocycles. The summed E-state index contributed by atoms with van der Waals surface area (Å²) in [4.78, 5) is 11.8. The SMILES string of the molecule is COc1cc(CC[C@H]2C[C@@H](OC(C)=O)C[C@@H](c3cc(O)c(O)c(O[C@@H]4CCC5(CCCC5)C4)c3)O2)ccc1O. The molecular weight excluding hydrogens is 500 g/mol. The van der Waals surface area contributed by atoms with E-state index in [2.05, 4.69) is 0 Å². The number of carbonyl (C=O) groups excluding carboxylic acids is 1. The van der Waals surface area contributed by atoms with Crippen molar-refractivity contribution in [3.8, 4) is 28.7 Å². The molecule has 212 valence electrons. The number of phenols is 3. The lowest BCUT2D eigenvalue weighted by Crippen LogP contribution is -2.34. The zero-order valence-electron chi connectivity index (χ0n) is 22.9. The molecule has 2 aromatic rings. The van der Waals surface area contributed by atoms with Gasteiger partial charge in [-0.1, -0.05) is 18.9 Å². The quantitative estimate of drug-likeness (QED) is 0.272. The lowest BCUT2D eigenvalue weighted by atomic mass is 9.85. The highest BCUT2D eigenvalue weighted by Crippen LogP contribution is 2.52. The maximum absolute atomic E-state index is 11.8. The number of carbonyl (C=O) groups is 1. The van der Waals surface area contributed by atoms with E-state index in [1.807, 2.05) is 6.07 Å². The average molecular weight is 541 g/mol. The summed E-state index contributed by atoms with van der Waals surface area (Å²) in [5.41, 5.74) is 2.05. The van der Waals surface area contributed by atoms with Crippen molar-refractivity contribution >= 4 is 5.97 Å². The Labute approximate surface area is 229 Å². The summed E-state index contributed by atoms with van der Waals surface area (Å²) in [6.45, 7) is 1.40. The Morgan fingerprint density at radius 2 is 1.79 bits per heavy atom. The molecule has 39 heavy (non-hydrogen) atoms. The first-order valence-electron chi connectivity index (χ1n) is 14.1. The van der Waals surface area contributed by atoms with Crippen LogP contribution in [0.2, 0.25) is 0 Å². The Morgan fingerprint density at radius 1 is 1.00 bits per heavy atom. The highest BCUT2D eigenvalue weighted by Gasteiger charge is 2.42. The maximum atomic E-state index is 11.8. The molecule has 8 heteroatoms. The topological polar surface area (TPSA) is 115 Å². The van der Waals surface area contributed by atoms with Crippen LogP contribution in [-0.4, -0.2) is 46.7 Å². The highest BCUT2D eigenvalue weighted by molar-refractivity contribution is 5.66. The fourth-order valence-electron chi connectivity index (χ4n) is 6.81. The number of methoxy groups -OCH3 is 1. The van der Waals surface area contributed by atoms with Gasteiger partial charge in [-0.25, -0.2) is 0 Å². The number of ether oxygens (including phenoxy) is 4. The molecule has 1 heterocycles. The molecule has 2 aliphatic carbocycles. The minimum absolute atomic E-state index is 0.0137. The van der Waals surface area contributed by atoms with Crippen LogP contribution < -0.4 is 9.47 Å². The molecule has 3 N–H and O–H groups in total. The summed E-state index contributed by atoms with van der Waals surface area (Å²) in [5.74, 6) is -0.0658. The van der Waals surface area contributed by atoms with Crippen LogP contribution in [0.25, 0.3) is 0 Å². The van der Waals surface area contributed by atoms with Gasteiger partial charge in [0.15, 0.2) is 23.0 Å². The standard InChI is InChI=1S/C31H40O8/c1-19(32)37-24-16-22(7-5-20-6-8-25(33)28(13-20)36-2)38-27(17-24)21-14-26(34)30(35)29(15-21)39-23-9-12-31(18-23)10-3-4-11-31/h6,8,13-15,22-24,27,33-35H,3-5,7,9-12,16-18H2,1-2H3/t22-,23+,24+,27-/m0/s1. The predicted octanol–water partition coefficient (Wildman–Crippen LogP) is 6.09. The molecule has 0 amide bonds. The van der Waals surface area contributed by atoms with E-state index in [0.29, 0.717) is 42.4 Å². The zero-order chi connectivity index (χ0) is 27.6. The van der Waals surface area contributed by atoms with Crippen LogP contribution in [0.5, 0.6) is 28.7 Å². The fourth-order valence-corrected chi connectivity index (χ4v) is 6.81. The van der Waals surface area contributed by atoms with Crippen LogP contribution in [-0.2, 0) is 20.7 Å². The lowest BCUT2D eigenvalue weighted by molar-refractivity contribution is -0.160. The van der Waals surface area contributed by atoms with Crippen LogP contribution >= 0.6 is 0 Å². The van der Waals surface area contributed by atoms with Gasteiger partial charge < -0.3 is 34.3 Å². The third-order valence-corrected chi connectivity index (χ3v) is 8.76. The van der Waals surface area contributed by atoms with Crippen molar-refractivity contribution in [3.05, 3.63) is 41.5 Å². The molecule has 5 rings (SSSR count). The largest absolute Gasteiger partial charge is 0.504 e. The first-order valence-corrected chi connectivity index (χ1v) is 14.1. The number of hydrogen-bond donors (Lipinski definition) is 3. The molecule has 0 unspecified atom stereocenters. The van der Waals surface area contributed by atoms with Crippen LogP contribution in [0, 0.1) is 5.41 Å². The normalized spacial score (nSPS) is 26.0. The Kier molecular flexibility index (Phi) is 8.12. The van der Waals surface area contributed by atoms with Crippen LogP contribution in [0.3, 0.4) is 0 Å². The van der Waals surface area contributed by atoms with Gasteiger partial charge in [-0.2, -0.15) is 0 Å². The van der Waals surface area contributed by atoms with Gasteiger partial charge in [0.1, 0.15) is 6.10 Å². The van der Waals surface area contributed by atoms with Gasteiger partial charge >= 0.3 is 5.97 Å². The molecule has 0 radical (unpaired) electrons. The average Bonchev–Trinajstić information content (AvgIpc) is 3.54. The second-order valence-corrected chi connectivity index (χ2v) is 11.6. The number of hydrogen-bond acceptors (Lipinski definition) is 8. The second kappa shape index (κ2) is 11.5. The molecular formula is C31H40O8. The summed E-state index contributed by atoms with van der Waals surface area (Å²) in [6.07, 6.45) is 9.50. The number of benzene rings is 2. The van der Waals surface area contributed by atoms with E-state index in [0.717, 1.165) is 24.8 Å². The van der Waals surface area contributed by atoms with Gasteiger partial charge in [-0.15, -0.1) is 0 Å². The molecule has 1 saturated heterocycles. The van der Waals surface area contributed by atoms with E-state index in [-0.39, 0.29) is 47.3 Å². The minimum atomic E-state index is -0.443. The molecule has 1 spiro atoms. The number of aromatic hydroxyl groups is 3. The predicted molar refractivity (Wildman–Crippen MR) is 144 cm³/mol. The molecule has 0 aromatic heterocycles. The fraction of sp³-hybridized carbons (Fsp3) is 0.581. The first-order chi connectivity index (χ1) is 18.7. The third-order valence-electron chi connectivity index (χ3n) is 8.76. The van der Waals surface area contributed by atoms with E-state index in [1.54, 1.807) is 18.2 Å². The summed E-state index contributed by atoms with van der Waals surface area (Å²) in [6, 6.07) is 8.54. The summed E-state index contributed by atoms with van der Waals surface area (Å²) in [7, 11) is 1.52. The van der Waals surface area contributed by atoms with Crippen LogP contribution in [0.4, 0.5) is 0 Å². The van der Waals surface area contributed by atoms with Crippen molar-refractivity contribution in [1.29, 1.82) is 0 Å². The molecule has 4 atom stereocenters. The molecule has 8 nitrogen and oxygen atoms in total. The zero-order valence-corrected chi connectivity index (χ0v) is 22.9. The molecule has 1 aliphatic heterocycles. The highest BCUT2D eigenvalue weighted by atomic mass is 16.6. The summed E-state index contributed by atoms with van der Waals surface area (Å²) >= 11 is 0. The smallest absolute Gasteiger partial charge is 0.302 e. The molecule has 0 bridgehead atoms. The molecule has 3 fully saturated rings. The van der Waals surface area contributed by atoms with Gasteiger partial charge in [0.05, 0.1) is 25.4 Å². The van der Waals surface area contributed by atoms with Crippen molar-refractivity contribution in [2.24, 2.45) is 5.41 Å². The van der Waals surface area contributed by atoms with Crippen molar-refractivity contribution in [1.82, 2.24) is 0 Å². The van der Waals surface area contributed by atoms with Gasteiger partial charge in [0, 0.05) is 19.8 Å². The Bertz CT molecular complexity index is 1170. The van der Waals surface area contributed by atoms with Crippen LogP contribution in [0.15, 0.2) is 30.3 Å². The van der Waals surface area contributed by atoms with Gasteiger partial charge in [0.25, 0.3) is 0 Å². The monoisotopic (exact) mass is 540 g/mol. The minimum Gasteiger partial charge on any atom is -0.504 e. The molecule has 3 aliphatic rings. The van der Waals surface area contributed by atoms with Gasteiger partial charge in [-0.3, -0.25) is 4.79 Å². The van der Waals surface area contributed by atoms with Gasteiger partial charge in [-0.05, 0) is 85.8 Å². The number of phenolic OH excluding ortho intramolecular Hbond substituents is 3. The second-order valence-electron chi connectivity index (χ2n) is 11.6. The van der Waals surface area contributed by atoms with Crippen molar-refractivity contribution in [2.75, 3.05) is 7.11 Å². The number of aryl methyl sites for hydroxylation is 1. The van der Waals surface area contributed by atoms with E-state index in [1.165, 1.54) is 45.8 Å². The van der Waals surface area contributed by atoms with E-state index in [9.17, 15) is 20.1 Å². The first kappa shape index (κ1) is 27.4. The Balaban J connectivity index is 1.31. The maximum Gasteiger partial charge on any atom is 0.302 e. The Morgan fingerprint density at radius 3 is 2.54 bits per heavy atom. The number of rotatable bonds is 8.